The summed E-state index contributed by atoms with van der Waals surface area (Å²) in [5.41, 5.74) is 0. The van der Waals surface area contributed by atoms with Crippen molar-refractivity contribution in [3.8, 4) is 0 Å². The second-order valence-electron chi connectivity index (χ2n) is 5.90. The summed E-state index contributed by atoms with van der Waals surface area (Å²) >= 11 is 1.87. The molecule has 0 saturated carbocycles. The molecule has 0 amide bonds. The van der Waals surface area contributed by atoms with Gasteiger partial charge in [0.2, 0.25) is 0 Å². The maximum atomic E-state index is 4.44. The Labute approximate surface area is 131 Å². The average molecular weight is 304 g/mol. The van der Waals surface area contributed by atoms with E-state index in [4.69, 9.17) is 0 Å². The highest BCUT2D eigenvalue weighted by atomic mass is 32.1. The van der Waals surface area contributed by atoms with E-state index < -0.39 is 0 Å². The topological polar surface area (TPSA) is 24.3 Å². The van der Waals surface area contributed by atoms with Crippen LogP contribution in [0.2, 0.25) is 0 Å². The smallest absolute Gasteiger partial charge is 0.122 e. The molecule has 0 spiro atoms. The zero-order chi connectivity index (χ0) is 14.7. The van der Waals surface area contributed by atoms with E-state index in [0.29, 0.717) is 6.04 Å². The van der Waals surface area contributed by atoms with Crippen molar-refractivity contribution in [2.75, 3.05) is 26.2 Å². The Hall–Kier alpha value is -1.17. The normalized spacial score (nSPS) is 21.0. The summed E-state index contributed by atoms with van der Waals surface area (Å²) in [4.78, 5) is 11.1. The second kappa shape index (κ2) is 6.73. The second-order valence-corrected chi connectivity index (χ2v) is 6.94. The van der Waals surface area contributed by atoms with Gasteiger partial charge in [-0.05, 0) is 24.8 Å². The van der Waals surface area contributed by atoms with E-state index in [1.807, 2.05) is 23.7 Å². The molecule has 0 unspecified atom stereocenters. The Kier molecular flexibility index (Phi) is 4.73. The number of nitrogens with zero attached hydrogens (tertiary/aromatic N) is 4. The third kappa shape index (κ3) is 3.73. The van der Waals surface area contributed by atoms with E-state index in [0.717, 1.165) is 25.5 Å². The molecule has 1 fully saturated rings. The van der Waals surface area contributed by atoms with Crippen LogP contribution < -0.4 is 0 Å². The van der Waals surface area contributed by atoms with E-state index >= 15 is 0 Å². The summed E-state index contributed by atoms with van der Waals surface area (Å²) in [6.07, 6.45) is 5.10. The molecule has 1 atom stereocenters. The van der Waals surface area contributed by atoms with Gasteiger partial charge in [0, 0.05) is 56.5 Å². The fraction of sp³-hybridized carbons (Fsp3) is 0.562. The predicted octanol–water partition coefficient (Wildman–Crippen LogP) is 2.23. The van der Waals surface area contributed by atoms with Gasteiger partial charge in [0.05, 0.1) is 6.54 Å². The van der Waals surface area contributed by atoms with Crippen molar-refractivity contribution < 1.29 is 0 Å². The van der Waals surface area contributed by atoms with Crippen molar-refractivity contribution >= 4 is 11.3 Å². The summed E-state index contributed by atoms with van der Waals surface area (Å²) in [6.45, 7) is 7.94. The van der Waals surface area contributed by atoms with E-state index in [-0.39, 0.29) is 0 Å². The molecule has 0 radical (unpaired) electrons. The highest BCUT2D eigenvalue weighted by Crippen LogP contribution is 2.15. The van der Waals surface area contributed by atoms with Gasteiger partial charge >= 0.3 is 0 Å². The van der Waals surface area contributed by atoms with Gasteiger partial charge < -0.3 is 9.47 Å². The van der Waals surface area contributed by atoms with Crippen molar-refractivity contribution in [3.63, 3.8) is 0 Å². The van der Waals surface area contributed by atoms with Crippen LogP contribution in [0.5, 0.6) is 0 Å². The van der Waals surface area contributed by atoms with Crippen molar-refractivity contribution in [1.82, 2.24) is 19.4 Å². The van der Waals surface area contributed by atoms with Crippen LogP contribution in [0.15, 0.2) is 29.9 Å². The lowest BCUT2D eigenvalue weighted by Crippen LogP contribution is -2.51. The van der Waals surface area contributed by atoms with Gasteiger partial charge in [-0.15, -0.1) is 11.3 Å². The van der Waals surface area contributed by atoms with Crippen molar-refractivity contribution in [3.05, 3.63) is 40.6 Å². The molecule has 0 N–H and O–H groups in total. The number of thiophene rings is 1. The first-order valence-electron chi connectivity index (χ1n) is 7.67. The molecule has 4 nitrogen and oxygen atoms in total. The third-order valence-electron chi connectivity index (χ3n) is 4.37. The molecule has 0 aliphatic carbocycles. The third-order valence-corrected chi connectivity index (χ3v) is 5.31. The minimum Gasteiger partial charge on any atom is -0.337 e. The van der Waals surface area contributed by atoms with E-state index in [9.17, 15) is 0 Å². The van der Waals surface area contributed by atoms with Crippen LogP contribution in [0.1, 0.15) is 17.6 Å². The maximum absolute atomic E-state index is 4.44. The van der Waals surface area contributed by atoms with Crippen LogP contribution in [0.3, 0.4) is 0 Å². The fourth-order valence-electron chi connectivity index (χ4n) is 2.96. The van der Waals surface area contributed by atoms with Gasteiger partial charge in [0.15, 0.2) is 0 Å². The van der Waals surface area contributed by atoms with Crippen molar-refractivity contribution in [2.24, 2.45) is 7.05 Å². The van der Waals surface area contributed by atoms with E-state index in [1.165, 1.54) is 24.4 Å². The molecule has 1 saturated heterocycles. The number of hydrogen-bond acceptors (Lipinski definition) is 4. The largest absolute Gasteiger partial charge is 0.337 e. The zero-order valence-corrected chi connectivity index (χ0v) is 13.7. The molecule has 3 rings (SSSR count). The summed E-state index contributed by atoms with van der Waals surface area (Å²) < 4.78 is 2.12. The number of aryl methyl sites for hydroxylation is 1. The SMILES string of the molecule is C[C@H]1CN(CCc2cccs2)CCN1Cc1nccn1C. The zero-order valence-electron chi connectivity index (χ0n) is 12.9. The minimum atomic E-state index is 0.596. The van der Waals surface area contributed by atoms with Crippen molar-refractivity contribution in [2.45, 2.75) is 25.9 Å². The van der Waals surface area contributed by atoms with Crippen LogP contribution in [0, 0.1) is 0 Å². The van der Waals surface area contributed by atoms with Gasteiger partial charge in [0.1, 0.15) is 5.82 Å². The first kappa shape index (κ1) is 14.8. The Morgan fingerprint density at radius 1 is 1.38 bits per heavy atom. The summed E-state index contributed by atoms with van der Waals surface area (Å²) in [5, 5.41) is 2.17. The Bertz CT molecular complexity index is 548. The quantitative estimate of drug-likeness (QED) is 0.846. The average Bonchev–Trinajstić information content (AvgIpc) is 3.12. The predicted molar refractivity (Wildman–Crippen MR) is 87.5 cm³/mol. The minimum absolute atomic E-state index is 0.596. The lowest BCUT2D eigenvalue weighted by atomic mass is 10.1. The summed E-state index contributed by atoms with van der Waals surface area (Å²) in [5.74, 6) is 1.16. The van der Waals surface area contributed by atoms with Crippen LogP contribution in [0.25, 0.3) is 0 Å². The summed E-state index contributed by atoms with van der Waals surface area (Å²) in [6, 6.07) is 4.98. The standard InChI is InChI=1S/C16H24N4S/c1-14-12-19(7-5-15-4-3-11-21-15)9-10-20(14)13-16-17-6-8-18(16)2/h3-4,6,8,11,14H,5,7,9-10,12-13H2,1-2H3/t14-/m0/s1. The maximum Gasteiger partial charge on any atom is 0.122 e. The lowest BCUT2D eigenvalue weighted by molar-refractivity contribution is 0.0759. The number of imidazole rings is 1. The van der Waals surface area contributed by atoms with Crippen LogP contribution in [-0.2, 0) is 20.0 Å². The number of piperazine rings is 1. The fourth-order valence-corrected chi connectivity index (χ4v) is 3.66. The van der Waals surface area contributed by atoms with Gasteiger partial charge in [-0.3, -0.25) is 4.90 Å². The number of hydrogen-bond donors (Lipinski definition) is 0. The first-order valence-corrected chi connectivity index (χ1v) is 8.55. The molecule has 114 valence electrons. The monoisotopic (exact) mass is 304 g/mol. The highest BCUT2D eigenvalue weighted by Gasteiger charge is 2.24. The Balaban J connectivity index is 1.48. The molecule has 3 heterocycles. The number of aromatic nitrogens is 2. The van der Waals surface area contributed by atoms with Gasteiger partial charge in [0.25, 0.3) is 0 Å². The molecular weight excluding hydrogens is 280 g/mol. The van der Waals surface area contributed by atoms with Crippen LogP contribution in [-0.4, -0.2) is 51.6 Å². The highest BCUT2D eigenvalue weighted by molar-refractivity contribution is 7.09. The molecule has 2 aromatic rings. The van der Waals surface area contributed by atoms with E-state index in [1.54, 1.807) is 0 Å². The molecular formula is C16H24N4S. The molecule has 0 bridgehead atoms. The molecule has 0 aromatic carbocycles. The molecule has 5 heteroatoms. The van der Waals surface area contributed by atoms with Gasteiger partial charge in [-0.1, -0.05) is 6.07 Å². The molecule has 21 heavy (non-hydrogen) atoms. The summed E-state index contributed by atoms with van der Waals surface area (Å²) in [7, 11) is 2.07. The molecule has 1 aliphatic rings. The Morgan fingerprint density at radius 3 is 2.95 bits per heavy atom. The lowest BCUT2D eigenvalue weighted by Gasteiger charge is -2.39. The van der Waals surface area contributed by atoms with Gasteiger partial charge in [-0.2, -0.15) is 0 Å². The van der Waals surface area contributed by atoms with Crippen LogP contribution >= 0.6 is 11.3 Å². The molecule has 1 aliphatic heterocycles. The number of rotatable bonds is 5. The van der Waals surface area contributed by atoms with E-state index in [2.05, 4.69) is 50.8 Å². The van der Waals surface area contributed by atoms with Crippen molar-refractivity contribution in [1.29, 1.82) is 0 Å². The van der Waals surface area contributed by atoms with Gasteiger partial charge in [-0.25, -0.2) is 4.98 Å². The Morgan fingerprint density at radius 2 is 2.29 bits per heavy atom. The molecule has 2 aromatic heterocycles. The first-order chi connectivity index (χ1) is 10.2. The van der Waals surface area contributed by atoms with Crippen LogP contribution in [0.4, 0.5) is 0 Å².